The zero-order valence-electron chi connectivity index (χ0n) is 7.97. The van der Waals surface area contributed by atoms with Gasteiger partial charge in [0.2, 0.25) is 0 Å². The molecular weight excluding hydrogens is 192 g/mol. The Morgan fingerprint density at radius 2 is 2.29 bits per heavy atom. The van der Waals surface area contributed by atoms with Crippen LogP contribution in [0.3, 0.4) is 0 Å². The topological polar surface area (TPSA) is 38.9 Å². The van der Waals surface area contributed by atoms with Gasteiger partial charge in [-0.2, -0.15) is 0 Å². The highest BCUT2D eigenvalue weighted by Crippen LogP contribution is 2.19. The van der Waals surface area contributed by atoms with Crippen molar-refractivity contribution >= 4 is 11.3 Å². The van der Waals surface area contributed by atoms with Crippen molar-refractivity contribution in [3.05, 3.63) is 52.0 Å². The molecule has 2 aromatic rings. The predicted molar refractivity (Wildman–Crippen MR) is 59.3 cm³/mol. The van der Waals surface area contributed by atoms with Crippen LogP contribution in [0.2, 0.25) is 0 Å². The van der Waals surface area contributed by atoms with Gasteiger partial charge in [0, 0.05) is 5.38 Å². The summed E-state index contributed by atoms with van der Waals surface area (Å²) < 4.78 is 0. The van der Waals surface area contributed by atoms with Gasteiger partial charge in [-0.05, 0) is 12.5 Å². The summed E-state index contributed by atoms with van der Waals surface area (Å²) in [4.78, 5) is 4.22. The first-order valence-electron chi connectivity index (χ1n) is 4.47. The number of nitrogens with two attached hydrogens (primary N) is 1. The lowest BCUT2D eigenvalue weighted by Crippen LogP contribution is -2.12. The molecule has 0 saturated carbocycles. The third kappa shape index (κ3) is 1.84. The van der Waals surface area contributed by atoms with Gasteiger partial charge in [-0.1, -0.05) is 29.8 Å². The zero-order chi connectivity index (χ0) is 9.97. The van der Waals surface area contributed by atoms with E-state index in [1.54, 1.807) is 11.3 Å². The maximum atomic E-state index is 6.07. The molecule has 3 heteroatoms. The van der Waals surface area contributed by atoms with E-state index in [4.69, 9.17) is 5.73 Å². The van der Waals surface area contributed by atoms with Crippen LogP contribution in [-0.2, 0) is 0 Å². The van der Waals surface area contributed by atoms with Crippen LogP contribution < -0.4 is 5.73 Å². The van der Waals surface area contributed by atoms with Gasteiger partial charge in [0.1, 0.15) is 0 Å². The van der Waals surface area contributed by atoms with Crippen LogP contribution in [0.5, 0.6) is 0 Å². The molecular formula is C11H12N2S. The summed E-state index contributed by atoms with van der Waals surface area (Å²) in [5.74, 6) is 0. The fourth-order valence-electron chi connectivity index (χ4n) is 1.41. The van der Waals surface area contributed by atoms with E-state index in [9.17, 15) is 0 Å². The Balaban J connectivity index is 2.32. The minimum absolute atomic E-state index is 0.0962. The molecule has 0 amide bonds. The van der Waals surface area contributed by atoms with Gasteiger partial charge in [-0.25, -0.2) is 4.98 Å². The van der Waals surface area contributed by atoms with E-state index in [2.05, 4.69) is 24.0 Å². The Morgan fingerprint density at radius 3 is 2.93 bits per heavy atom. The maximum absolute atomic E-state index is 6.07. The second-order valence-electron chi connectivity index (χ2n) is 3.31. The van der Waals surface area contributed by atoms with Gasteiger partial charge in [-0.15, -0.1) is 11.3 Å². The average Bonchev–Trinajstić information content (AvgIpc) is 2.69. The van der Waals surface area contributed by atoms with Crippen molar-refractivity contribution in [2.24, 2.45) is 5.73 Å². The molecule has 1 aromatic carbocycles. The van der Waals surface area contributed by atoms with Crippen LogP contribution in [0.25, 0.3) is 0 Å². The molecule has 2 rings (SSSR count). The normalized spacial score (nSPS) is 12.7. The van der Waals surface area contributed by atoms with Crippen LogP contribution in [0.4, 0.5) is 0 Å². The van der Waals surface area contributed by atoms with E-state index < -0.39 is 0 Å². The fourth-order valence-corrected chi connectivity index (χ4v) is 2.00. The molecule has 1 unspecified atom stereocenters. The summed E-state index contributed by atoms with van der Waals surface area (Å²) in [7, 11) is 0. The highest BCUT2D eigenvalue weighted by atomic mass is 32.1. The molecule has 0 aliphatic heterocycles. The lowest BCUT2D eigenvalue weighted by molar-refractivity contribution is 0.837. The number of thiazole rings is 1. The minimum atomic E-state index is -0.0962. The highest BCUT2D eigenvalue weighted by Gasteiger charge is 2.09. The van der Waals surface area contributed by atoms with Crippen LogP contribution in [0, 0.1) is 6.92 Å². The number of hydrogen-bond donors (Lipinski definition) is 1. The summed E-state index contributed by atoms with van der Waals surface area (Å²) in [5.41, 5.74) is 11.2. The number of rotatable bonds is 2. The largest absolute Gasteiger partial charge is 0.319 e. The van der Waals surface area contributed by atoms with E-state index in [1.807, 2.05) is 23.0 Å². The summed E-state index contributed by atoms with van der Waals surface area (Å²) in [6.45, 7) is 2.07. The SMILES string of the molecule is Cc1cccc(C(N)c2cscn2)c1. The lowest BCUT2D eigenvalue weighted by Gasteiger charge is -2.09. The molecule has 0 bridgehead atoms. The minimum Gasteiger partial charge on any atom is -0.319 e. The van der Waals surface area contributed by atoms with Crippen molar-refractivity contribution in [3.63, 3.8) is 0 Å². The molecule has 1 atom stereocenters. The van der Waals surface area contributed by atoms with Crippen molar-refractivity contribution in [2.45, 2.75) is 13.0 Å². The van der Waals surface area contributed by atoms with Gasteiger partial charge < -0.3 is 5.73 Å². The number of hydrogen-bond acceptors (Lipinski definition) is 3. The second kappa shape index (κ2) is 3.90. The zero-order valence-corrected chi connectivity index (χ0v) is 8.79. The fraction of sp³-hybridized carbons (Fsp3) is 0.182. The molecule has 2 nitrogen and oxygen atoms in total. The quantitative estimate of drug-likeness (QED) is 0.816. The molecule has 1 aromatic heterocycles. The van der Waals surface area contributed by atoms with Crippen molar-refractivity contribution in [1.29, 1.82) is 0 Å². The highest BCUT2D eigenvalue weighted by molar-refractivity contribution is 7.07. The molecule has 0 aliphatic carbocycles. The van der Waals surface area contributed by atoms with Gasteiger partial charge in [0.25, 0.3) is 0 Å². The summed E-state index contributed by atoms with van der Waals surface area (Å²) in [5, 5.41) is 1.99. The first-order chi connectivity index (χ1) is 6.77. The number of benzene rings is 1. The van der Waals surface area contributed by atoms with E-state index in [0.717, 1.165) is 11.3 Å². The summed E-state index contributed by atoms with van der Waals surface area (Å²) in [6, 6.07) is 8.14. The van der Waals surface area contributed by atoms with Gasteiger partial charge >= 0.3 is 0 Å². The number of aryl methyl sites for hydroxylation is 1. The van der Waals surface area contributed by atoms with Crippen LogP contribution in [0.1, 0.15) is 22.9 Å². The van der Waals surface area contributed by atoms with E-state index >= 15 is 0 Å². The second-order valence-corrected chi connectivity index (χ2v) is 4.02. The molecule has 72 valence electrons. The third-order valence-corrected chi connectivity index (χ3v) is 2.78. The number of aromatic nitrogens is 1. The Kier molecular flexibility index (Phi) is 2.61. The number of nitrogens with zero attached hydrogens (tertiary/aromatic N) is 1. The Morgan fingerprint density at radius 1 is 1.43 bits per heavy atom. The van der Waals surface area contributed by atoms with Crippen molar-refractivity contribution in [2.75, 3.05) is 0 Å². The Hall–Kier alpha value is -1.19. The molecule has 0 spiro atoms. The lowest BCUT2D eigenvalue weighted by atomic mass is 10.0. The smallest absolute Gasteiger partial charge is 0.0795 e. The summed E-state index contributed by atoms with van der Waals surface area (Å²) in [6.07, 6.45) is 0. The molecule has 14 heavy (non-hydrogen) atoms. The summed E-state index contributed by atoms with van der Waals surface area (Å²) >= 11 is 1.58. The van der Waals surface area contributed by atoms with Gasteiger partial charge in [-0.3, -0.25) is 0 Å². The van der Waals surface area contributed by atoms with Crippen molar-refractivity contribution in [3.8, 4) is 0 Å². The molecule has 2 N–H and O–H groups in total. The standard InChI is InChI=1S/C11H12N2S/c1-8-3-2-4-9(5-8)11(12)10-6-14-7-13-10/h2-7,11H,12H2,1H3. The average molecular weight is 204 g/mol. The van der Waals surface area contributed by atoms with Crippen molar-refractivity contribution < 1.29 is 0 Å². The molecule has 1 heterocycles. The maximum Gasteiger partial charge on any atom is 0.0795 e. The van der Waals surface area contributed by atoms with Crippen LogP contribution in [0.15, 0.2) is 35.2 Å². The monoisotopic (exact) mass is 204 g/mol. The molecule has 0 aliphatic rings. The van der Waals surface area contributed by atoms with E-state index in [-0.39, 0.29) is 6.04 Å². The van der Waals surface area contributed by atoms with Crippen molar-refractivity contribution in [1.82, 2.24) is 4.98 Å². The van der Waals surface area contributed by atoms with Crippen LogP contribution >= 0.6 is 11.3 Å². The molecule has 0 fully saturated rings. The molecule has 0 saturated heterocycles. The Labute approximate surface area is 87.4 Å². The van der Waals surface area contributed by atoms with E-state index in [1.165, 1.54) is 5.56 Å². The molecule has 0 radical (unpaired) electrons. The van der Waals surface area contributed by atoms with Gasteiger partial charge in [0.05, 0.1) is 17.2 Å². The first-order valence-corrected chi connectivity index (χ1v) is 5.42. The van der Waals surface area contributed by atoms with Gasteiger partial charge in [0.15, 0.2) is 0 Å². The van der Waals surface area contributed by atoms with E-state index in [0.29, 0.717) is 0 Å². The van der Waals surface area contributed by atoms with Crippen LogP contribution in [-0.4, -0.2) is 4.98 Å². The Bertz CT molecular complexity index is 409. The third-order valence-electron chi connectivity index (χ3n) is 2.17. The first kappa shape index (κ1) is 9.37. The predicted octanol–water partition coefficient (Wildman–Crippen LogP) is 2.50.